The van der Waals surface area contributed by atoms with E-state index in [2.05, 4.69) is 40.3 Å². The quantitative estimate of drug-likeness (QED) is 0.868. The van der Waals surface area contributed by atoms with Crippen LogP contribution in [0.2, 0.25) is 0 Å². The molecule has 0 spiro atoms. The third-order valence-corrected chi connectivity index (χ3v) is 5.40. The second-order valence-corrected chi connectivity index (χ2v) is 7.50. The maximum absolute atomic E-state index is 13.0. The molecule has 4 rings (SSSR count). The minimum atomic E-state index is -1.01. The van der Waals surface area contributed by atoms with E-state index in [9.17, 15) is 14.3 Å². The van der Waals surface area contributed by atoms with Gasteiger partial charge in [-0.15, -0.1) is 0 Å². The first kappa shape index (κ1) is 17.9. The van der Waals surface area contributed by atoms with Gasteiger partial charge >= 0.3 is 0 Å². The van der Waals surface area contributed by atoms with E-state index in [1.807, 2.05) is 12.1 Å². The second kappa shape index (κ2) is 7.27. The molecule has 5 nitrogen and oxygen atoms in total. The van der Waals surface area contributed by atoms with Crippen LogP contribution in [0.3, 0.4) is 0 Å². The molecular weight excluding hydrogens is 345 g/mol. The SMILES string of the molecule is Cc1cc(-c2ccnc(NC(=O)C3C[C@H]3F)c2)ccc1N1CCC(O)CC1. The molecule has 1 aliphatic carbocycles. The van der Waals surface area contributed by atoms with E-state index in [0.717, 1.165) is 37.1 Å². The summed E-state index contributed by atoms with van der Waals surface area (Å²) in [6.45, 7) is 3.81. The minimum absolute atomic E-state index is 0.186. The number of carbonyl (C=O) groups is 1. The number of amides is 1. The van der Waals surface area contributed by atoms with Crippen molar-refractivity contribution >= 4 is 17.4 Å². The molecule has 2 heterocycles. The van der Waals surface area contributed by atoms with Gasteiger partial charge in [0.25, 0.3) is 0 Å². The van der Waals surface area contributed by atoms with Crippen LogP contribution in [0.4, 0.5) is 15.9 Å². The van der Waals surface area contributed by atoms with Gasteiger partial charge in [0.1, 0.15) is 12.0 Å². The Hall–Kier alpha value is -2.47. The number of alkyl halides is 1. The lowest BCUT2D eigenvalue weighted by Crippen LogP contribution is -2.36. The number of anilines is 2. The van der Waals surface area contributed by atoms with Crippen LogP contribution < -0.4 is 10.2 Å². The van der Waals surface area contributed by atoms with Crippen LogP contribution in [0, 0.1) is 12.8 Å². The van der Waals surface area contributed by atoms with Crippen LogP contribution in [-0.4, -0.2) is 41.4 Å². The summed E-state index contributed by atoms with van der Waals surface area (Å²) in [6.07, 6.45) is 2.36. The Bertz CT molecular complexity index is 849. The summed E-state index contributed by atoms with van der Waals surface area (Å²) < 4.78 is 13.0. The number of aryl methyl sites for hydroxylation is 1. The smallest absolute Gasteiger partial charge is 0.231 e. The molecule has 1 unspecified atom stereocenters. The van der Waals surface area contributed by atoms with Crippen molar-refractivity contribution in [3.8, 4) is 11.1 Å². The molecule has 6 heteroatoms. The number of aromatic nitrogens is 1. The van der Waals surface area contributed by atoms with E-state index < -0.39 is 12.1 Å². The Morgan fingerprint density at radius 3 is 2.59 bits per heavy atom. The molecule has 0 bridgehead atoms. The van der Waals surface area contributed by atoms with Gasteiger partial charge in [-0.05, 0) is 67.1 Å². The maximum Gasteiger partial charge on any atom is 0.231 e. The van der Waals surface area contributed by atoms with E-state index in [1.54, 1.807) is 6.20 Å². The van der Waals surface area contributed by atoms with Gasteiger partial charge in [0.2, 0.25) is 5.91 Å². The Morgan fingerprint density at radius 1 is 1.22 bits per heavy atom. The number of nitrogens with one attached hydrogen (secondary N) is 1. The third kappa shape index (κ3) is 3.95. The van der Waals surface area contributed by atoms with Crippen molar-refractivity contribution in [3.05, 3.63) is 42.1 Å². The first-order chi connectivity index (χ1) is 13.0. The number of hydrogen-bond acceptors (Lipinski definition) is 4. The van der Waals surface area contributed by atoms with Gasteiger partial charge in [-0.1, -0.05) is 6.07 Å². The fraction of sp³-hybridized carbons (Fsp3) is 0.429. The van der Waals surface area contributed by atoms with E-state index in [0.29, 0.717) is 12.2 Å². The number of carbonyl (C=O) groups excluding carboxylic acids is 1. The van der Waals surface area contributed by atoms with Crippen LogP contribution in [0.15, 0.2) is 36.5 Å². The van der Waals surface area contributed by atoms with E-state index in [-0.39, 0.29) is 12.0 Å². The highest BCUT2D eigenvalue weighted by atomic mass is 19.1. The molecule has 1 amide bonds. The monoisotopic (exact) mass is 369 g/mol. The lowest BCUT2D eigenvalue weighted by molar-refractivity contribution is -0.117. The van der Waals surface area contributed by atoms with Crippen LogP contribution in [0.25, 0.3) is 11.1 Å². The van der Waals surface area contributed by atoms with Crippen molar-refractivity contribution in [1.82, 2.24) is 4.98 Å². The Labute approximate surface area is 158 Å². The first-order valence-electron chi connectivity index (χ1n) is 9.46. The molecule has 1 aliphatic heterocycles. The van der Waals surface area contributed by atoms with Gasteiger partial charge in [0.05, 0.1) is 12.0 Å². The summed E-state index contributed by atoms with van der Waals surface area (Å²) in [4.78, 5) is 18.4. The van der Waals surface area contributed by atoms with E-state index >= 15 is 0 Å². The molecule has 142 valence electrons. The molecule has 2 atom stereocenters. The summed E-state index contributed by atoms with van der Waals surface area (Å²) in [6, 6.07) is 10.0. The largest absolute Gasteiger partial charge is 0.393 e. The standard InChI is InChI=1S/C21H24FN3O2/c1-13-10-14(2-3-19(13)25-8-5-16(26)6-9-25)15-4-7-23-20(11-15)24-21(27)17-12-18(17)22/h2-4,7,10-11,16-18,26H,5-6,8-9,12H2,1H3,(H,23,24,27)/t17?,18-/m1/s1. The molecule has 27 heavy (non-hydrogen) atoms. The number of piperidine rings is 1. The van der Waals surface area contributed by atoms with Crippen LogP contribution in [0.1, 0.15) is 24.8 Å². The van der Waals surface area contributed by atoms with Crippen molar-refractivity contribution in [2.75, 3.05) is 23.3 Å². The van der Waals surface area contributed by atoms with Crippen LogP contribution in [0.5, 0.6) is 0 Å². The summed E-state index contributed by atoms with van der Waals surface area (Å²) in [7, 11) is 0. The minimum Gasteiger partial charge on any atom is -0.393 e. The van der Waals surface area contributed by atoms with E-state index in [1.165, 1.54) is 11.3 Å². The van der Waals surface area contributed by atoms with Crippen molar-refractivity contribution < 1.29 is 14.3 Å². The summed E-state index contributed by atoms with van der Waals surface area (Å²) in [5.74, 6) is -0.380. The number of halogens is 1. The summed E-state index contributed by atoms with van der Waals surface area (Å²) in [5, 5.41) is 12.4. The fourth-order valence-electron chi connectivity index (χ4n) is 3.63. The average molecular weight is 369 g/mol. The lowest BCUT2D eigenvalue weighted by Gasteiger charge is -2.32. The lowest BCUT2D eigenvalue weighted by atomic mass is 10.0. The molecule has 2 aromatic rings. The molecule has 1 saturated carbocycles. The third-order valence-electron chi connectivity index (χ3n) is 5.40. The molecule has 2 N–H and O–H groups in total. The topological polar surface area (TPSA) is 65.5 Å². The zero-order chi connectivity index (χ0) is 19.0. The summed E-state index contributed by atoms with van der Waals surface area (Å²) >= 11 is 0. The van der Waals surface area contributed by atoms with Crippen molar-refractivity contribution in [2.45, 2.75) is 38.5 Å². The molecule has 1 saturated heterocycles. The number of rotatable bonds is 4. The number of aliphatic hydroxyl groups is 1. The predicted octanol–water partition coefficient (Wildman–Crippen LogP) is 3.31. The van der Waals surface area contributed by atoms with Crippen molar-refractivity contribution in [2.24, 2.45) is 5.92 Å². The van der Waals surface area contributed by atoms with Gasteiger partial charge in [0.15, 0.2) is 0 Å². The zero-order valence-corrected chi connectivity index (χ0v) is 15.4. The zero-order valence-electron chi connectivity index (χ0n) is 15.4. The van der Waals surface area contributed by atoms with E-state index in [4.69, 9.17) is 0 Å². The normalized spacial score (nSPS) is 22.6. The number of aliphatic hydroxyl groups excluding tert-OH is 1. The highest BCUT2D eigenvalue weighted by Crippen LogP contribution is 2.35. The van der Waals surface area contributed by atoms with Gasteiger partial charge < -0.3 is 15.3 Å². The summed E-state index contributed by atoms with van der Waals surface area (Å²) in [5.41, 5.74) is 4.36. The molecular formula is C21H24FN3O2. The predicted molar refractivity (Wildman–Crippen MR) is 103 cm³/mol. The first-order valence-corrected chi connectivity index (χ1v) is 9.46. The van der Waals surface area contributed by atoms with Crippen LogP contribution in [-0.2, 0) is 4.79 Å². The van der Waals surface area contributed by atoms with Crippen LogP contribution >= 0.6 is 0 Å². The van der Waals surface area contributed by atoms with Gasteiger partial charge in [0, 0.05) is 25.0 Å². The molecule has 1 aromatic carbocycles. The van der Waals surface area contributed by atoms with Crippen molar-refractivity contribution in [3.63, 3.8) is 0 Å². The number of hydrogen-bond donors (Lipinski definition) is 2. The molecule has 1 aromatic heterocycles. The van der Waals surface area contributed by atoms with Gasteiger partial charge in [-0.2, -0.15) is 0 Å². The fourth-order valence-corrected chi connectivity index (χ4v) is 3.63. The van der Waals surface area contributed by atoms with Crippen molar-refractivity contribution in [1.29, 1.82) is 0 Å². The molecule has 2 aliphatic rings. The number of benzene rings is 1. The maximum atomic E-state index is 13.0. The molecule has 2 fully saturated rings. The molecule has 0 radical (unpaired) electrons. The Balaban J connectivity index is 1.50. The highest BCUT2D eigenvalue weighted by molar-refractivity contribution is 5.94. The Morgan fingerprint density at radius 2 is 1.93 bits per heavy atom. The van der Waals surface area contributed by atoms with Gasteiger partial charge in [-0.25, -0.2) is 9.37 Å². The van der Waals surface area contributed by atoms with Gasteiger partial charge in [-0.3, -0.25) is 4.79 Å². The average Bonchev–Trinajstić information content (AvgIpc) is 3.40. The Kier molecular flexibility index (Phi) is 4.83. The highest BCUT2D eigenvalue weighted by Gasteiger charge is 2.43. The second-order valence-electron chi connectivity index (χ2n) is 7.50. The number of nitrogens with zero attached hydrogens (tertiary/aromatic N) is 2. The number of pyridine rings is 1.